The van der Waals surface area contributed by atoms with Crippen LogP contribution in [-0.2, 0) is 27.2 Å². The summed E-state index contributed by atoms with van der Waals surface area (Å²) in [5.41, 5.74) is 2.40. The Morgan fingerprint density at radius 3 is 2.62 bits per heavy atom. The van der Waals surface area contributed by atoms with Crippen LogP contribution in [-0.4, -0.2) is 37.2 Å². The summed E-state index contributed by atoms with van der Waals surface area (Å²) in [4.78, 5) is 25.0. The number of aliphatic hydroxyl groups is 1. The molecule has 0 radical (unpaired) electrons. The molecule has 32 heavy (non-hydrogen) atoms. The number of methoxy groups -OCH3 is 1. The van der Waals surface area contributed by atoms with Crippen molar-refractivity contribution in [3.63, 3.8) is 0 Å². The third kappa shape index (κ3) is 3.57. The fraction of sp³-hybridized carbons (Fsp3) is 0.565. The van der Waals surface area contributed by atoms with Crippen LogP contribution in [0.4, 0.5) is 14.5 Å². The van der Waals surface area contributed by atoms with Crippen molar-refractivity contribution in [3.05, 3.63) is 34.1 Å². The monoisotopic (exact) mass is 450 g/mol. The molecule has 2 aliphatic heterocycles. The first-order valence-electron chi connectivity index (χ1n) is 10.7. The summed E-state index contributed by atoms with van der Waals surface area (Å²) >= 11 is 0. The zero-order valence-corrected chi connectivity index (χ0v) is 18.6. The van der Waals surface area contributed by atoms with Gasteiger partial charge in [0.2, 0.25) is 0 Å². The molecule has 1 aliphatic carbocycles. The van der Waals surface area contributed by atoms with Gasteiger partial charge < -0.3 is 25.2 Å². The smallest absolute Gasteiger partial charge is 0.387 e. The number of fused-ring (bicyclic) bond motifs is 5. The van der Waals surface area contributed by atoms with Gasteiger partial charge in [-0.2, -0.15) is 8.78 Å². The summed E-state index contributed by atoms with van der Waals surface area (Å²) in [7, 11) is 1.15. The molecular formula is C23H28F2N2O5. The second-order valence-electron chi connectivity index (χ2n) is 9.61. The first-order valence-corrected chi connectivity index (χ1v) is 10.7. The number of nitrogens with one attached hydrogen (secondary N) is 2. The predicted molar refractivity (Wildman–Crippen MR) is 113 cm³/mol. The molecule has 0 bridgehead atoms. The molecule has 3 unspecified atom stereocenters. The molecule has 9 heteroatoms. The Bertz CT molecular complexity index is 999. The summed E-state index contributed by atoms with van der Waals surface area (Å²) in [5.74, 6) is -2.69. The molecule has 3 atom stereocenters. The van der Waals surface area contributed by atoms with Gasteiger partial charge in [0.1, 0.15) is 11.5 Å². The standard InChI is InChI=1S/C23H28F2N2O5/c1-23(2,3)13-8-11-10-6-5-7-26-17(10)14(32-22(24)25)9-12(11)18-15(13)19(28)16(20(29)27-18)21(30)31-4/h9,13,15,18,22,26,28H,5-8H2,1-4H3,(H,27,29). The lowest BCUT2D eigenvalue weighted by atomic mass is 9.60. The fourth-order valence-corrected chi connectivity index (χ4v) is 5.36. The number of carbonyl (C=O) groups excluding carboxylic acids is 2. The van der Waals surface area contributed by atoms with E-state index in [1.54, 1.807) is 0 Å². The van der Waals surface area contributed by atoms with E-state index in [0.29, 0.717) is 30.6 Å². The van der Waals surface area contributed by atoms with Gasteiger partial charge in [-0.15, -0.1) is 0 Å². The number of ether oxygens (including phenoxy) is 2. The van der Waals surface area contributed by atoms with E-state index >= 15 is 0 Å². The Morgan fingerprint density at radius 1 is 1.28 bits per heavy atom. The summed E-state index contributed by atoms with van der Waals surface area (Å²) < 4.78 is 35.9. The van der Waals surface area contributed by atoms with Gasteiger partial charge in [-0.3, -0.25) is 4.79 Å². The second kappa shape index (κ2) is 7.94. The molecule has 1 amide bonds. The van der Waals surface area contributed by atoms with E-state index in [0.717, 1.165) is 24.7 Å². The van der Waals surface area contributed by atoms with Crippen LogP contribution in [0, 0.1) is 17.3 Å². The number of alkyl halides is 2. The van der Waals surface area contributed by atoms with Gasteiger partial charge in [0.05, 0.1) is 18.8 Å². The van der Waals surface area contributed by atoms with E-state index in [9.17, 15) is 23.5 Å². The van der Waals surface area contributed by atoms with Gasteiger partial charge in [0.15, 0.2) is 5.57 Å². The molecule has 7 nitrogen and oxygen atoms in total. The molecule has 0 fully saturated rings. The van der Waals surface area contributed by atoms with E-state index in [1.807, 2.05) is 20.8 Å². The van der Waals surface area contributed by atoms with Crippen molar-refractivity contribution in [2.75, 3.05) is 19.0 Å². The third-order valence-electron chi connectivity index (χ3n) is 6.81. The van der Waals surface area contributed by atoms with Crippen LogP contribution in [0.3, 0.4) is 0 Å². The minimum atomic E-state index is -3.00. The Balaban J connectivity index is 1.94. The Labute approximate surface area is 185 Å². The number of aliphatic hydroxyl groups excluding tert-OH is 1. The summed E-state index contributed by atoms with van der Waals surface area (Å²) in [6.45, 7) is 3.78. The van der Waals surface area contributed by atoms with E-state index < -0.39 is 36.0 Å². The van der Waals surface area contributed by atoms with Crippen molar-refractivity contribution < 1.29 is 33.0 Å². The number of hydrogen-bond donors (Lipinski definition) is 3. The topological polar surface area (TPSA) is 96.9 Å². The maximum Gasteiger partial charge on any atom is 0.387 e. The minimum Gasteiger partial charge on any atom is -0.511 e. The molecule has 0 saturated heterocycles. The van der Waals surface area contributed by atoms with E-state index in [2.05, 4.69) is 10.6 Å². The molecular weight excluding hydrogens is 422 g/mol. The van der Waals surface area contributed by atoms with E-state index in [4.69, 9.17) is 9.47 Å². The normalized spacial score (nSPS) is 24.7. The quantitative estimate of drug-likeness (QED) is 0.481. The van der Waals surface area contributed by atoms with Gasteiger partial charge in [0, 0.05) is 12.5 Å². The van der Waals surface area contributed by atoms with Crippen molar-refractivity contribution in [2.45, 2.75) is 52.7 Å². The third-order valence-corrected chi connectivity index (χ3v) is 6.81. The van der Waals surface area contributed by atoms with Gasteiger partial charge in [-0.25, -0.2) is 4.79 Å². The van der Waals surface area contributed by atoms with Crippen molar-refractivity contribution in [2.24, 2.45) is 17.3 Å². The highest BCUT2D eigenvalue weighted by Gasteiger charge is 2.51. The second-order valence-corrected chi connectivity index (χ2v) is 9.61. The van der Waals surface area contributed by atoms with Gasteiger partial charge in [-0.05, 0) is 53.4 Å². The number of benzene rings is 1. The van der Waals surface area contributed by atoms with Crippen LogP contribution < -0.4 is 15.4 Å². The highest BCUT2D eigenvalue weighted by atomic mass is 19.3. The van der Waals surface area contributed by atoms with Gasteiger partial charge in [0.25, 0.3) is 5.91 Å². The van der Waals surface area contributed by atoms with Crippen LogP contribution in [0.1, 0.15) is 49.9 Å². The molecule has 4 rings (SSSR count). The van der Waals surface area contributed by atoms with Crippen LogP contribution in [0.5, 0.6) is 5.75 Å². The molecule has 0 aromatic heterocycles. The molecule has 3 N–H and O–H groups in total. The largest absolute Gasteiger partial charge is 0.511 e. The number of halogens is 2. The van der Waals surface area contributed by atoms with Gasteiger partial charge in [-0.1, -0.05) is 20.8 Å². The first-order chi connectivity index (χ1) is 15.0. The highest BCUT2D eigenvalue weighted by molar-refractivity contribution is 6.17. The van der Waals surface area contributed by atoms with Crippen LogP contribution >= 0.6 is 0 Å². The lowest BCUT2D eigenvalue weighted by molar-refractivity contribution is -0.139. The maximum atomic E-state index is 13.2. The number of hydrogen-bond acceptors (Lipinski definition) is 6. The average Bonchev–Trinajstić information content (AvgIpc) is 2.72. The molecule has 1 aromatic carbocycles. The highest BCUT2D eigenvalue weighted by Crippen LogP contribution is 2.53. The zero-order valence-electron chi connectivity index (χ0n) is 18.6. The lowest BCUT2D eigenvalue weighted by Crippen LogP contribution is -2.50. The number of anilines is 1. The van der Waals surface area contributed by atoms with Crippen molar-refractivity contribution in [1.29, 1.82) is 0 Å². The number of rotatable bonds is 3. The van der Waals surface area contributed by atoms with Crippen molar-refractivity contribution in [3.8, 4) is 5.75 Å². The van der Waals surface area contributed by atoms with E-state index in [-0.39, 0.29) is 22.8 Å². The molecule has 1 aromatic rings. The molecule has 0 saturated carbocycles. The van der Waals surface area contributed by atoms with Crippen molar-refractivity contribution in [1.82, 2.24) is 5.32 Å². The summed E-state index contributed by atoms with van der Waals surface area (Å²) in [6.07, 6.45) is 2.10. The summed E-state index contributed by atoms with van der Waals surface area (Å²) in [5, 5.41) is 17.1. The van der Waals surface area contributed by atoms with Gasteiger partial charge >= 0.3 is 12.6 Å². The number of esters is 1. The van der Waals surface area contributed by atoms with Crippen molar-refractivity contribution >= 4 is 17.6 Å². The predicted octanol–water partition coefficient (Wildman–Crippen LogP) is 3.64. The molecule has 2 heterocycles. The molecule has 0 spiro atoms. The summed E-state index contributed by atoms with van der Waals surface area (Å²) in [6, 6.07) is 0.849. The Morgan fingerprint density at radius 2 is 2.00 bits per heavy atom. The first kappa shape index (κ1) is 22.4. The fourth-order valence-electron chi connectivity index (χ4n) is 5.36. The SMILES string of the molecule is COC(=O)C1=C(O)C2C(NC1=O)c1cc(OC(F)F)c3c(c1CC2C(C)(C)C)CCCN3. The zero-order chi connectivity index (χ0) is 23.4. The van der Waals surface area contributed by atoms with E-state index in [1.165, 1.54) is 6.07 Å². The average molecular weight is 450 g/mol. The van der Waals surface area contributed by atoms with Crippen LogP contribution in [0.15, 0.2) is 17.4 Å². The molecule has 174 valence electrons. The maximum absolute atomic E-state index is 13.2. The van der Waals surface area contributed by atoms with Crippen LogP contribution in [0.2, 0.25) is 0 Å². The lowest BCUT2D eigenvalue weighted by Gasteiger charge is -2.48. The Kier molecular flexibility index (Phi) is 5.55. The Hall–Kier alpha value is -2.84. The number of amides is 1. The molecule has 3 aliphatic rings. The minimum absolute atomic E-state index is 0.0258. The number of carbonyl (C=O) groups is 2. The van der Waals surface area contributed by atoms with Crippen LogP contribution in [0.25, 0.3) is 0 Å².